The third kappa shape index (κ3) is 2.14. The number of rotatable bonds is 3. The van der Waals surface area contributed by atoms with Gasteiger partial charge in [0.1, 0.15) is 5.82 Å². The summed E-state index contributed by atoms with van der Waals surface area (Å²) in [7, 11) is 1.90. The van der Waals surface area contributed by atoms with Gasteiger partial charge in [0.2, 0.25) is 0 Å². The summed E-state index contributed by atoms with van der Waals surface area (Å²) in [5, 5.41) is 3.03. The van der Waals surface area contributed by atoms with Crippen LogP contribution >= 0.6 is 0 Å². The van der Waals surface area contributed by atoms with Gasteiger partial charge in [-0.2, -0.15) is 0 Å². The molecular weight excluding hydrogens is 198 g/mol. The van der Waals surface area contributed by atoms with Crippen molar-refractivity contribution < 1.29 is 0 Å². The zero-order valence-electron chi connectivity index (χ0n) is 9.49. The highest BCUT2D eigenvalue weighted by atomic mass is 14.9. The van der Waals surface area contributed by atoms with Crippen LogP contribution in [0.25, 0.3) is 17.0 Å². The zero-order chi connectivity index (χ0) is 11.4. The first-order valence-electron chi connectivity index (χ1n) is 5.25. The fourth-order valence-corrected chi connectivity index (χ4v) is 1.63. The van der Waals surface area contributed by atoms with Gasteiger partial charge in [0, 0.05) is 25.0 Å². The number of nitrogens with zero attached hydrogens (tertiary/aromatic N) is 1. The quantitative estimate of drug-likeness (QED) is 0.823. The van der Waals surface area contributed by atoms with Crippen LogP contribution in [-0.2, 0) is 0 Å². The number of aromatic nitrogens is 2. The second-order valence-electron chi connectivity index (χ2n) is 3.63. The lowest BCUT2D eigenvalue weighted by Gasteiger charge is -2.04. The number of hydrogen-bond acceptors (Lipinski definition) is 2. The minimum Gasteiger partial charge on any atom is -0.394 e. The fourth-order valence-electron chi connectivity index (χ4n) is 1.63. The number of benzene rings is 1. The molecule has 0 fully saturated rings. The van der Waals surface area contributed by atoms with Crippen LogP contribution in [0.1, 0.15) is 12.5 Å². The van der Waals surface area contributed by atoms with E-state index in [0.29, 0.717) is 0 Å². The van der Waals surface area contributed by atoms with Crippen LogP contribution in [-0.4, -0.2) is 17.0 Å². The summed E-state index contributed by atoms with van der Waals surface area (Å²) in [4.78, 5) is 7.35. The molecule has 0 radical (unpaired) electrons. The Kier molecular flexibility index (Phi) is 3.05. The lowest BCUT2D eigenvalue weighted by molar-refractivity contribution is 1.10. The second kappa shape index (κ2) is 4.66. The van der Waals surface area contributed by atoms with Crippen molar-refractivity contribution in [2.45, 2.75) is 6.92 Å². The predicted molar refractivity (Wildman–Crippen MR) is 66.7 cm³/mol. The van der Waals surface area contributed by atoms with Crippen LogP contribution in [0, 0.1) is 0 Å². The summed E-state index contributed by atoms with van der Waals surface area (Å²) in [5.74, 6) is 0.902. The Morgan fingerprint density at radius 3 is 3.00 bits per heavy atom. The van der Waals surface area contributed by atoms with Gasteiger partial charge in [-0.3, -0.25) is 0 Å². The molecule has 2 aromatic rings. The van der Waals surface area contributed by atoms with Gasteiger partial charge in [-0.05, 0) is 30.3 Å². The Morgan fingerprint density at radius 1 is 1.44 bits per heavy atom. The number of aromatic amines is 1. The molecule has 1 aromatic carbocycles. The summed E-state index contributed by atoms with van der Waals surface area (Å²) < 4.78 is 0. The molecule has 0 saturated heterocycles. The van der Waals surface area contributed by atoms with Crippen LogP contribution in [0.2, 0.25) is 0 Å². The molecule has 0 amide bonds. The molecule has 2 N–H and O–H groups in total. The van der Waals surface area contributed by atoms with E-state index in [2.05, 4.69) is 40.4 Å². The third-order valence-electron chi connectivity index (χ3n) is 2.45. The van der Waals surface area contributed by atoms with Gasteiger partial charge >= 0.3 is 0 Å². The molecule has 0 unspecified atom stereocenters. The highest BCUT2D eigenvalue weighted by Gasteiger charge is 2.01. The maximum atomic E-state index is 4.24. The highest BCUT2D eigenvalue weighted by molar-refractivity contribution is 5.68. The average Bonchev–Trinajstić information content (AvgIpc) is 2.83. The molecule has 16 heavy (non-hydrogen) atoms. The first-order valence-corrected chi connectivity index (χ1v) is 5.25. The molecule has 1 heterocycles. The Bertz CT molecular complexity index is 484. The molecule has 0 saturated carbocycles. The van der Waals surface area contributed by atoms with E-state index >= 15 is 0 Å². The van der Waals surface area contributed by atoms with E-state index in [4.69, 9.17) is 0 Å². The molecule has 2 rings (SSSR count). The minimum atomic E-state index is 0.902. The van der Waals surface area contributed by atoms with E-state index in [1.807, 2.05) is 25.5 Å². The largest absolute Gasteiger partial charge is 0.394 e. The van der Waals surface area contributed by atoms with Crippen molar-refractivity contribution in [1.29, 1.82) is 0 Å². The summed E-state index contributed by atoms with van der Waals surface area (Å²) in [6, 6.07) is 8.31. The van der Waals surface area contributed by atoms with Crippen LogP contribution in [0.4, 0.5) is 0 Å². The molecule has 3 nitrogen and oxygen atoms in total. The molecule has 0 atom stereocenters. The lowest BCUT2D eigenvalue weighted by Crippen LogP contribution is -1.94. The zero-order valence-corrected chi connectivity index (χ0v) is 9.49. The van der Waals surface area contributed by atoms with Crippen LogP contribution < -0.4 is 5.32 Å². The Labute approximate surface area is 95.2 Å². The van der Waals surface area contributed by atoms with Crippen molar-refractivity contribution in [1.82, 2.24) is 15.3 Å². The van der Waals surface area contributed by atoms with E-state index < -0.39 is 0 Å². The smallest absolute Gasteiger partial charge is 0.137 e. The molecule has 0 aliphatic carbocycles. The number of hydrogen-bond donors (Lipinski definition) is 2. The van der Waals surface area contributed by atoms with E-state index in [0.717, 1.165) is 11.4 Å². The van der Waals surface area contributed by atoms with Gasteiger partial charge in [0.15, 0.2) is 0 Å². The van der Waals surface area contributed by atoms with Crippen molar-refractivity contribution in [3.05, 3.63) is 48.4 Å². The first-order chi connectivity index (χ1) is 7.81. The average molecular weight is 213 g/mol. The van der Waals surface area contributed by atoms with Crippen molar-refractivity contribution in [3.8, 4) is 11.4 Å². The van der Waals surface area contributed by atoms with E-state index in [1.54, 1.807) is 6.20 Å². The summed E-state index contributed by atoms with van der Waals surface area (Å²) in [5.41, 5.74) is 3.51. The summed E-state index contributed by atoms with van der Waals surface area (Å²) in [6.07, 6.45) is 5.58. The molecule has 0 bridgehead atoms. The normalized spacial score (nSPS) is 11.5. The second-order valence-corrected chi connectivity index (χ2v) is 3.63. The fraction of sp³-hybridized carbons (Fsp3) is 0.154. The molecule has 3 heteroatoms. The molecule has 0 aliphatic heterocycles. The number of imidazole rings is 1. The molecule has 0 spiro atoms. The summed E-state index contributed by atoms with van der Waals surface area (Å²) >= 11 is 0. The van der Waals surface area contributed by atoms with Gasteiger partial charge in [-0.1, -0.05) is 18.2 Å². The maximum absolute atomic E-state index is 4.24. The van der Waals surface area contributed by atoms with Gasteiger partial charge < -0.3 is 10.3 Å². The highest BCUT2D eigenvalue weighted by Crippen LogP contribution is 2.20. The number of allylic oxidation sites excluding steroid dienone is 1. The van der Waals surface area contributed by atoms with E-state index in [9.17, 15) is 0 Å². The standard InChI is InChI=1S/C13H15N3/c1-10(9-14-2)11-4-3-5-12(8-11)13-15-6-7-16-13/h3-9,14H,1-2H3,(H,15,16)/b10-9+. The minimum absolute atomic E-state index is 0.902. The Balaban J connectivity index is 2.37. The van der Waals surface area contributed by atoms with Crippen LogP contribution in [0.3, 0.4) is 0 Å². The Hall–Kier alpha value is -2.03. The topological polar surface area (TPSA) is 40.7 Å². The van der Waals surface area contributed by atoms with Crippen molar-refractivity contribution in [3.63, 3.8) is 0 Å². The molecular formula is C13H15N3. The van der Waals surface area contributed by atoms with Crippen LogP contribution in [0.5, 0.6) is 0 Å². The molecule has 0 aliphatic rings. The van der Waals surface area contributed by atoms with Crippen molar-refractivity contribution in [2.75, 3.05) is 7.05 Å². The van der Waals surface area contributed by atoms with Gasteiger partial charge in [-0.15, -0.1) is 0 Å². The van der Waals surface area contributed by atoms with Crippen molar-refractivity contribution in [2.24, 2.45) is 0 Å². The van der Waals surface area contributed by atoms with Gasteiger partial charge in [0.25, 0.3) is 0 Å². The molecule has 1 aromatic heterocycles. The maximum Gasteiger partial charge on any atom is 0.137 e. The van der Waals surface area contributed by atoms with Crippen LogP contribution in [0.15, 0.2) is 42.9 Å². The van der Waals surface area contributed by atoms with E-state index in [-0.39, 0.29) is 0 Å². The number of H-pyrrole nitrogens is 1. The van der Waals surface area contributed by atoms with Crippen molar-refractivity contribution >= 4 is 5.57 Å². The first kappa shape index (κ1) is 10.5. The summed E-state index contributed by atoms with van der Waals surface area (Å²) in [6.45, 7) is 2.08. The third-order valence-corrected chi connectivity index (χ3v) is 2.45. The monoisotopic (exact) mass is 213 g/mol. The van der Waals surface area contributed by atoms with E-state index in [1.165, 1.54) is 11.1 Å². The lowest BCUT2D eigenvalue weighted by atomic mass is 10.1. The predicted octanol–water partition coefficient (Wildman–Crippen LogP) is 2.66. The SMILES string of the molecule is CN/C=C(\C)c1cccc(-c2ncc[nH]2)c1. The Morgan fingerprint density at radius 2 is 2.31 bits per heavy atom. The van der Waals surface area contributed by atoms with Gasteiger partial charge in [0.05, 0.1) is 0 Å². The number of nitrogens with one attached hydrogen (secondary N) is 2. The van der Waals surface area contributed by atoms with Gasteiger partial charge in [-0.25, -0.2) is 4.98 Å². The molecule has 82 valence electrons.